The van der Waals surface area contributed by atoms with Crippen molar-refractivity contribution in [1.29, 1.82) is 0 Å². The highest BCUT2D eigenvalue weighted by Gasteiger charge is 2.43. The largest absolute Gasteiger partial charge is 0.366 e. The van der Waals surface area contributed by atoms with Gasteiger partial charge in [-0.05, 0) is 12.1 Å². The van der Waals surface area contributed by atoms with E-state index >= 15 is 0 Å². The first-order valence-electron chi connectivity index (χ1n) is 6.23. The van der Waals surface area contributed by atoms with Gasteiger partial charge in [0, 0.05) is 26.7 Å². The van der Waals surface area contributed by atoms with Gasteiger partial charge in [0.1, 0.15) is 4.90 Å². The highest BCUT2D eigenvalue weighted by atomic mass is 35.5. The Balaban J connectivity index is 2.49. The zero-order valence-corrected chi connectivity index (χ0v) is 14.7. The Hall–Kier alpha value is -1.00. The predicted molar refractivity (Wildman–Crippen MR) is 88.1 cm³/mol. The van der Waals surface area contributed by atoms with E-state index in [4.69, 9.17) is 16.7 Å². The van der Waals surface area contributed by atoms with Gasteiger partial charge in [0.15, 0.2) is 10.9 Å². The van der Waals surface area contributed by atoms with E-state index in [0.717, 1.165) is 0 Å². The molecule has 1 aliphatic rings. The zero-order valence-electron chi connectivity index (χ0n) is 12.3. The van der Waals surface area contributed by atoms with Crippen molar-refractivity contribution in [3.05, 3.63) is 28.8 Å². The fourth-order valence-electron chi connectivity index (χ4n) is 2.03. The first kappa shape index (κ1) is 17.4. The van der Waals surface area contributed by atoms with Gasteiger partial charge in [0.25, 0.3) is 0 Å². The van der Waals surface area contributed by atoms with Crippen molar-refractivity contribution in [2.45, 2.75) is 10.6 Å². The van der Waals surface area contributed by atoms with Crippen LogP contribution >= 0.6 is 23.4 Å². The molecule has 1 atom stereocenters. The number of sulfonamides is 1. The van der Waals surface area contributed by atoms with E-state index in [1.807, 2.05) is 0 Å². The van der Waals surface area contributed by atoms with E-state index in [-0.39, 0.29) is 9.92 Å². The Morgan fingerprint density at radius 1 is 1.50 bits per heavy atom. The molecule has 1 aromatic rings. The molecule has 0 saturated carbocycles. The fraction of sp³-hybridized carbons (Fsp3) is 0.417. The van der Waals surface area contributed by atoms with Crippen molar-refractivity contribution in [1.82, 2.24) is 9.91 Å². The van der Waals surface area contributed by atoms with Crippen molar-refractivity contribution in [2.75, 3.05) is 26.9 Å². The first-order valence-corrected chi connectivity index (χ1v) is 9.14. The molecule has 1 unspecified atom stereocenters. The topological polar surface area (TPSA) is 99.2 Å². The van der Waals surface area contributed by atoms with Gasteiger partial charge < -0.3 is 15.0 Å². The molecule has 10 heteroatoms. The lowest BCUT2D eigenvalue weighted by Gasteiger charge is -2.31. The standard InChI is InChI=1S/C12H17ClN4O3S2/c1-16(2)15-11-17(3)12(18,7-21-11)8-4-5-9(13)10(6-8)22(14,19)20/h4-6,18H,7H2,1-3H3,(H2,14,19,20). The molecule has 0 aliphatic carbocycles. The summed E-state index contributed by atoms with van der Waals surface area (Å²) in [6, 6.07) is 4.29. The average molecular weight is 365 g/mol. The van der Waals surface area contributed by atoms with Crippen LogP contribution < -0.4 is 5.14 Å². The molecule has 0 radical (unpaired) electrons. The van der Waals surface area contributed by atoms with Crippen LogP contribution in [0.15, 0.2) is 28.2 Å². The summed E-state index contributed by atoms with van der Waals surface area (Å²) in [5.74, 6) is 0.307. The molecule has 7 nitrogen and oxygen atoms in total. The predicted octanol–water partition coefficient (Wildman–Crippen LogP) is 0.644. The van der Waals surface area contributed by atoms with Gasteiger partial charge in [-0.25, -0.2) is 13.6 Å². The normalized spacial score (nSPS) is 24.1. The molecular formula is C12H17ClN4O3S2. The number of amidine groups is 1. The van der Waals surface area contributed by atoms with Crippen LogP contribution in [0, 0.1) is 0 Å². The van der Waals surface area contributed by atoms with Gasteiger partial charge >= 0.3 is 0 Å². The van der Waals surface area contributed by atoms with Crippen LogP contribution in [0.5, 0.6) is 0 Å². The second kappa shape index (κ2) is 5.89. The molecule has 1 aromatic carbocycles. The second-order valence-corrected chi connectivity index (χ2v) is 7.96. The molecule has 0 spiro atoms. The maximum Gasteiger partial charge on any atom is 0.239 e. The highest BCUT2D eigenvalue weighted by molar-refractivity contribution is 8.14. The van der Waals surface area contributed by atoms with Crippen molar-refractivity contribution in [3.63, 3.8) is 0 Å². The third kappa shape index (κ3) is 3.18. The summed E-state index contributed by atoms with van der Waals surface area (Å²) in [6.45, 7) is 0. The summed E-state index contributed by atoms with van der Waals surface area (Å²) >= 11 is 7.25. The number of nitrogens with zero attached hydrogens (tertiary/aromatic N) is 3. The minimum Gasteiger partial charge on any atom is -0.366 e. The van der Waals surface area contributed by atoms with Gasteiger partial charge in [-0.3, -0.25) is 0 Å². The lowest BCUT2D eigenvalue weighted by molar-refractivity contribution is -0.0354. The summed E-state index contributed by atoms with van der Waals surface area (Å²) in [5, 5.41) is 22.6. The number of rotatable bonds is 3. The lowest BCUT2D eigenvalue weighted by atomic mass is 10.0. The molecule has 22 heavy (non-hydrogen) atoms. The van der Waals surface area contributed by atoms with Crippen molar-refractivity contribution in [3.8, 4) is 0 Å². The Morgan fingerprint density at radius 3 is 2.68 bits per heavy atom. The van der Waals surface area contributed by atoms with E-state index in [2.05, 4.69) is 5.10 Å². The first-order chi connectivity index (χ1) is 10.1. The smallest absolute Gasteiger partial charge is 0.239 e. The zero-order chi connectivity index (χ0) is 16.7. The van der Waals surface area contributed by atoms with Gasteiger partial charge in [0.05, 0.1) is 10.8 Å². The van der Waals surface area contributed by atoms with E-state index in [1.165, 1.54) is 23.9 Å². The fourth-order valence-corrected chi connectivity index (χ4v) is 4.36. The van der Waals surface area contributed by atoms with E-state index in [9.17, 15) is 13.5 Å². The number of hydrazone groups is 1. The Kier molecular flexibility index (Phi) is 4.65. The molecule has 0 aromatic heterocycles. The van der Waals surface area contributed by atoms with Crippen LogP contribution in [0.2, 0.25) is 5.02 Å². The summed E-state index contributed by atoms with van der Waals surface area (Å²) in [4.78, 5) is 1.38. The number of hydrogen-bond donors (Lipinski definition) is 2. The number of thioether (sulfide) groups is 1. The third-order valence-electron chi connectivity index (χ3n) is 3.23. The minimum absolute atomic E-state index is 0.0188. The Morgan fingerprint density at radius 2 is 2.14 bits per heavy atom. The van der Waals surface area contributed by atoms with Crippen LogP contribution in [0.1, 0.15) is 5.56 Å². The van der Waals surface area contributed by atoms with Gasteiger partial charge in [-0.1, -0.05) is 29.4 Å². The molecule has 1 heterocycles. The molecule has 0 bridgehead atoms. The maximum atomic E-state index is 11.6. The second-order valence-electron chi connectivity index (χ2n) is 5.08. The van der Waals surface area contributed by atoms with E-state index in [0.29, 0.717) is 16.5 Å². The number of aliphatic hydroxyl groups is 1. The number of nitrogens with two attached hydrogens (primary N) is 1. The van der Waals surface area contributed by atoms with Crippen LogP contribution in [0.3, 0.4) is 0 Å². The SMILES string of the molecule is CN(C)N=C1SCC(O)(c2ccc(Cl)c(S(N)(=O)=O)c2)N1C. The summed E-state index contributed by atoms with van der Waals surface area (Å²) in [5.41, 5.74) is -0.997. The molecule has 0 amide bonds. The summed E-state index contributed by atoms with van der Waals surface area (Å²) < 4.78 is 23.2. The number of primary sulfonamides is 1. The monoisotopic (exact) mass is 364 g/mol. The van der Waals surface area contributed by atoms with Crippen LogP contribution in [-0.4, -0.2) is 55.5 Å². The molecule has 3 N–H and O–H groups in total. The summed E-state index contributed by atoms with van der Waals surface area (Å²) in [7, 11) is 1.27. The summed E-state index contributed by atoms with van der Waals surface area (Å²) in [6.07, 6.45) is 0. The average Bonchev–Trinajstić information content (AvgIpc) is 2.67. The molecular weight excluding hydrogens is 348 g/mol. The highest BCUT2D eigenvalue weighted by Crippen LogP contribution is 2.39. The molecule has 1 fully saturated rings. The van der Waals surface area contributed by atoms with Crippen molar-refractivity contribution >= 4 is 38.6 Å². The molecule has 1 aliphatic heterocycles. The van der Waals surface area contributed by atoms with Gasteiger partial charge in [0.2, 0.25) is 10.0 Å². The quantitative estimate of drug-likeness (QED) is 0.764. The van der Waals surface area contributed by atoms with Gasteiger partial charge in [-0.2, -0.15) is 5.10 Å². The number of benzene rings is 1. The van der Waals surface area contributed by atoms with Crippen LogP contribution in [0.4, 0.5) is 0 Å². The van der Waals surface area contributed by atoms with Crippen molar-refractivity contribution < 1.29 is 13.5 Å². The molecule has 122 valence electrons. The number of halogens is 1. The van der Waals surface area contributed by atoms with Crippen molar-refractivity contribution in [2.24, 2.45) is 10.2 Å². The van der Waals surface area contributed by atoms with Gasteiger partial charge in [-0.15, -0.1) is 0 Å². The Labute approximate surface area is 138 Å². The third-order valence-corrected chi connectivity index (χ3v) is 5.78. The van der Waals surface area contributed by atoms with Crippen LogP contribution in [0.25, 0.3) is 0 Å². The Bertz CT molecular complexity index is 723. The van der Waals surface area contributed by atoms with Crippen LogP contribution in [-0.2, 0) is 15.7 Å². The molecule has 1 saturated heterocycles. The van der Waals surface area contributed by atoms with E-state index < -0.39 is 15.7 Å². The molecule has 2 rings (SSSR count). The lowest BCUT2D eigenvalue weighted by Crippen LogP contribution is -2.42. The van der Waals surface area contributed by atoms with E-state index in [1.54, 1.807) is 37.1 Å². The number of hydrogen-bond acceptors (Lipinski definition) is 6. The maximum absolute atomic E-state index is 11.6. The minimum atomic E-state index is -3.97.